The minimum atomic E-state index is -4.02. The highest BCUT2D eigenvalue weighted by Crippen LogP contribution is 2.13. The maximum Gasteiger partial charge on any atom is 0.332 e. The summed E-state index contributed by atoms with van der Waals surface area (Å²) in [6.45, 7) is 4.68. The van der Waals surface area contributed by atoms with E-state index in [1.165, 1.54) is 26.0 Å². The Labute approximate surface area is 147 Å². The van der Waals surface area contributed by atoms with Gasteiger partial charge in [-0.2, -0.15) is 4.72 Å². The van der Waals surface area contributed by atoms with Gasteiger partial charge in [0.25, 0.3) is 0 Å². The lowest BCUT2D eigenvalue weighted by Crippen LogP contribution is -2.49. The number of carbonyl (C=O) groups is 2. The van der Waals surface area contributed by atoms with E-state index in [4.69, 9.17) is 10.5 Å². The second-order valence-corrected chi connectivity index (χ2v) is 7.18. The van der Waals surface area contributed by atoms with Crippen LogP contribution in [0.3, 0.4) is 0 Å². The first-order chi connectivity index (χ1) is 11.6. The quantitative estimate of drug-likeness (QED) is 0.532. The second kappa shape index (κ2) is 8.63. The van der Waals surface area contributed by atoms with Gasteiger partial charge >= 0.3 is 11.9 Å². The molecule has 0 aromatic heterocycles. The maximum absolute atomic E-state index is 12.5. The van der Waals surface area contributed by atoms with Crippen LogP contribution in [0.2, 0.25) is 0 Å². The van der Waals surface area contributed by atoms with E-state index in [1.807, 2.05) is 6.92 Å². The lowest BCUT2D eigenvalue weighted by atomic mass is 10.2. The fourth-order valence-electron chi connectivity index (χ4n) is 1.89. The lowest BCUT2D eigenvalue weighted by molar-refractivity contribution is -0.152. The molecule has 0 saturated heterocycles. The minimum Gasteiger partial charge on any atom is -0.468 e. The predicted octanol–water partition coefficient (Wildman–Crippen LogP) is 0.609. The Morgan fingerprint density at radius 1 is 1.24 bits per heavy atom. The Bertz CT molecular complexity index is 751. The predicted molar refractivity (Wildman–Crippen MR) is 90.8 cm³/mol. The van der Waals surface area contributed by atoms with Gasteiger partial charge in [-0.3, -0.25) is 4.79 Å². The van der Waals surface area contributed by atoms with Gasteiger partial charge in [0.2, 0.25) is 10.0 Å². The lowest BCUT2D eigenvalue weighted by Gasteiger charge is -2.22. The molecule has 0 aliphatic rings. The molecule has 0 aliphatic carbocycles. The minimum absolute atomic E-state index is 0.0248. The first-order valence-corrected chi connectivity index (χ1v) is 8.86. The number of esters is 2. The van der Waals surface area contributed by atoms with Crippen molar-refractivity contribution in [3.63, 3.8) is 0 Å². The van der Waals surface area contributed by atoms with Crippen LogP contribution in [0.4, 0.5) is 0 Å². The molecule has 0 radical (unpaired) electrons. The van der Waals surface area contributed by atoms with E-state index in [0.29, 0.717) is 0 Å². The van der Waals surface area contributed by atoms with Crippen molar-refractivity contribution in [3.8, 4) is 0 Å². The number of carbonyl (C=O) groups excluding carboxylic acids is 2. The smallest absolute Gasteiger partial charge is 0.332 e. The van der Waals surface area contributed by atoms with Gasteiger partial charge in [0, 0.05) is 11.8 Å². The monoisotopic (exact) mass is 370 g/mol. The number of benzene rings is 1. The number of sulfonamides is 1. The molecule has 0 spiro atoms. The van der Waals surface area contributed by atoms with Crippen LogP contribution in [-0.4, -0.2) is 39.6 Å². The fourth-order valence-corrected chi connectivity index (χ4v) is 3.14. The number of allylic oxidation sites excluding steroid dienone is 1. The second-order valence-electron chi connectivity index (χ2n) is 5.47. The summed E-state index contributed by atoms with van der Waals surface area (Å²) in [5.41, 5.74) is 6.48. The molecular weight excluding hydrogens is 348 g/mol. The third-order valence-electron chi connectivity index (χ3n) is 3.19. The summed E-state index contributed by atoms with van der Waals surface area (Å²) in [7, 11) is -2.91. The summed E-state index contributed by atoms with van der Waals surface area (Å²) in [6.07, 6.45) is -0.0879. The zero-order valence-corrected chi connectivity index (χ0v) is 15.3. The van der Waals surface area contributed by atoms with Gasteiger partial charge in [0.05, 0.1) is 12.0 Å². The van der Waals surface area contributed by atoms with E-state index in [1.54, 1.807) is 12.1 Å². The molecule has 3 N–H and O–H groups in total. The summed E-state index contributed by atoms with van der Waals surface area (Å²) < 4.78 is 36.7. The number of aryl methyl sites for hydroxylation is 1. The third kappa shape index (κ3) is 6.20. The molecule has 0 amide bonds. The summed E-state index contributed by atoms with van der Waals surface area (Å²) in [4.78, 5) is 23.6. The number of methoxy groups -OCH3 is 1. The standard InChI is InChI=1S/C16H22N2O6S/c1-10-5-7-13(8-6-10)25(21,22)18-15(16(20)23-4)12(3)24-14(19)9-11(2)17/h5-9,12,15,18H,17H2,1-4H3/b11-9+/t12-,15+/m1/s1. The van der Waals surface area contributed by atoms with Gasteiger partial charge in [0.15, 0.2) is 6.04 Å². The number of hydrogen-bond acceptors (Lipinski definition) is 7. The van der Waals surface area contributed by atoms with Crippen molar-refractivity contribution in [2.45, 2.75) is 37.8 Å². The normalized spacial score (nSPS) is 14.5. The van der Waals surface area contributed by atoms with E-state index in [2.05, 4.69) is 9.46 Å². The Morgan fingerprint density at radius 2 is 1.80 bits per heavy atom. The van der Waals surface area contributed by atoms with Crippen LogP contribution in [0.15, 0.2) is 40.9 Å². The highest BCUT2D eigenvalue weighted by Gasteiger charge is 2.33. The molecule has 1 rings (SSSR count). The molecule has 0 unspecified atom stereocenters. The molecule has 0 aliphatic heterocycles. The molecule has 138 valence electrons. The van der Waals surface area contributed by atoms with Gasteiger partial charge < -0.3 is 15.2 Å². The van der Waals surface area contributed by atoms with Gasteiger partial charge in [-0.15, -0.1) is 0 Å². The molecule has 0 bridgehead atoms. The highest BCUT2D eigenvalue weighted by atomic mass is 32.2. The molecule has 1 aromatic rings. The summed E-state index contributed by atoms with van der Waals surface area (Å²) in [5.74, 6) is -1.68. The first kappa shape index (κ1) is 20.7. The van der Waals surface area contributed by atoms with Gasteiger partial charge in [-0.05, 0) is 32.9 Å². The largest absolute Gasteiger partial charge is 0.468 e. The molecular formula is C16H22N2O6S. The van der Waals surface area contributed by atoms with E-state index in [0.717, 1.165) is 18.7 Å². The van der Waals surface area contributed by atoms with Gasteiger partial charge in [-0.25, -0.2) is 13.2 Å². The number of ether oxygens (including phenoxy) is 2. The van der Waals surface area contributed by atoms with Crippen LogP contribution in [0.1, 0.15) is 19.4 Å². The van der Waals surface area contributed by atoms with Gasteiger partial charge in [-0.1, -0.05) is 17.7 Å². The SMILES string of the molecule is COC(=O)[C@@H](NS(=O)(=O)c1ccc(C)cc1)[C@@H](C)OC(=O)/C=C(\C)N. The van der Waals surface area contributed by atoms with E-state index < -0.39 is 34.1 Å². The van der Waals surface area contributed by atoms with Crippen molar-refractivity contribution in [2.75, 3.05) is 7.11 Å². The molecule has 25 heavy (non-hydrogen) atoms. The van der Waals surface area contributed by atoms with Gasteiger partial charge in [0.1, 0.15) is 6.10 Å². The van der Waals surface area contributed by atoms with Crippen LogP contribution >= 0.6 is 0 Å². The molecule has 0 saturated carbocycles. The molecule has 2 atom stereocenters. The molecule has 0 fully saturated rings. The summed E-state index contributed by atoms with van der Waals surface area (Å²) in [5, 5.41) is 0. The van der Waals surface area contributed by atoms with E-state index >= 15 is 0 Å². The van der Waals surface area contributed by atoms with Crippen LogP contribution in [-0.2, 0) is 29.1 Å². The van der Waals surface area contributed by atoms with Crippen molar-refractivity contribution in [3.05, 3.63) is 41.6 Å². The number of nitrogens with one attached hydrogen (secondary N) is 1. The Kier molecular flexibility index (Phi) is 7.13. The van der Waals surface area contributed by atoms with Crippen molar-refractivity contribution < 1.29 is 27.5 Å². The van der Waals surface area contributed by atoms with Crippen molar-refractivity contribution in [2.24, 2.45) is 5.73 Å². The fraction of sp³-hybridized carbons (Fsp3) is 0.375. The van der Waals surface area contributed by atoms with Crippen LogP contribution in [0.25, 0.3) is 0 Å². The zero-order valence-electron chi connectivity index (χ0n) is 14.5. The van der Waals surface area contributed by atoms with Crippen LogP contribution in [0.5, 0.6) is 0 Å². The third-order valence-corrected chi connectivity index (χ3v) is 4.64. The summed E-state index contributed by atoms with van der Waals surface area (Å²) in [6, 6.07) is 4.65. The zero-order chi connectivity index (χ0) is 19.2. The highest BCUT2D eigenvalue weighted by molar-refractivity contribution is 7.89. The maximum atomic E-state index is 12.5. The van der Waals surface area contributed by atoms with Crippen molar-refractivity contribution >= 4 is 22.0 Å². The molecule has 1 aromatic carbocycles. The number of hydrogen-bond donors (Lipinski definition) is 2. The molecule has 8 nitrogen and oxygen atoms in total. The Morgan fingerprint density at radius 3 is 2.28 bits per heavy atom. The molecule has 0 heterocycles. The average Bonchev–Trinajstić information content (AvgIpc) is 2.51. The van der Waals surface area contributed by atoms with Crippen LogP contribution in [0, 0.1) is 6.92 Å². The molecule has 9 heteroatoms. The Hall–Kier alpha value is -2.39. The van der Waals surface area contributed by atoms with Crippen LogP contribution < -0.4 is 10.5 Å². The van der Waals surface area contributed by atoms with E-state index in [-0.39, 0.29) is 10.6 Å². The first-order valence-electron chi connectivity index (χ1n) is 7.38. The topological polar surface area (TPSA) is 125 Å². The number of nitrogens with two attached hydrogens (primary N) is 1. The summed E-state index contributed by atoms with van der Waals surface area (Å²) >= 11 is 0. The number of rotatable bonds is 7. The Balaban J connectivity index is 3.03. The van der Waals surface area contributed by atoms with Crippen molar-refractivity contribution in [1.29, 1.82) is 0 Å². The average molecular weight is 370 g/mol. The van der Waals surface area contributed by atoms with E-state index in [9.17, 15) is 18.0 Å². The van der Waals surface area contributed by atoms with Crippen molar-refractivity contribution in [1.82, 2.24) is 4.72 Å².